The van der Waals surface area contributed by atoms with Crippen molar-refractivity contribution in [3.05, 3.63) is 53.1 Å². The van der Waals surface area contributed by atoms with Crippen molar-refractivity contribution in [2.45, 2.75) is 52.5 Å². The zero-order chi connectivity index (χ0) is 27.3. The second-order valence-electron chi connectivity index (χ2n) is 10.9. The molecule has 2 aliphatic heterocycles. The van der Waals surface area contributed by atoms with Crippen molar-refractivity contribution in [3.8, 4) is 11.3 Å². The summed E-state index contributed by atoms with van der Waals surface area (Å²) in [5.74, 6) is 2.92. The van der Waals surface area contributed by atoms with Crippen LogP contribution in [0, 0.1) is 18.9 Å². The van der Waals surface area contributed by atoms with E-state index in [-0.39, 0.29) is 11.7 Å². The molecule has 10 heteroatoms. The van der Waals surface area contributed by atoms with Crippen LogP contribution in [0.4, 0.5) is 15.9 Å². The molecule has 0 spiro atoms. The van der Waals surface area contributed by atoms with Gasteiger partial charge < -0.3 is 24.5 Å². The summed E-state index contributed by atoms with van der Waals surface area (Å²) >= 11 is 0. The van der Waals surface area contributed by atoms with E-state index in [2.05, 4.69) is 34.0 Å². The van der Waals surface area contributed by atoms with Gasteiger partial charge in [-0.25, -0.2) is 4.98 Å². The molecule has 1 amide bonds. The van der Waals surface area contributed by atoms with Crippen molar-refractivity contribution < 1.29 is 13.6 Å². The van der Waals surface area contributed by atoms with Crippen LogP contribution in [-0.4, -0.2) is 57.0 Å². The molecular weight excluding hydrogens is 497 g/mol. The highest BCUT2D eigenvalue weighted by Gasteiger charge is 2.25. The number of rotatable bonds is 6. The first-order chi connectivity index (χ1) is 18.8. The van der Waals surface area contributed by atoms with Crippen molar-refractivity contribution in [1.82, 2.24) is 24.4 Å². The van der Waals surface area contributed by atoms with Gasteiger partial charge in [-0.05, 0) is 73.9 Å². The number of carbonyl (C=O) groups excluding carboxylic acids is 1. The van der Waals surface area contributed by atoms with Crippen LogP contribution >= 0.6 is 0 Å². The number of nitrogens with zero attached hydrogens (tertiary/aromatic N) is 6. The predicted octanol–water partition coefficient (Wildman–Crippen LogP) is 4.35. The fraction of sp³-hybridized carbons (Fsp3) is 0.448. The molecule has 4 aromatic rings. The van der Waals surface area contributed by atoms with Crippen molar-refractivity contribution in [3.63, 3.8) is 0 Å². The summed E-state index contributed by atoms with van der Waals surface area (Å²) in [5, 5.41) is 0. The van der Waals surface area contributed by atoms with Gasteiger partial charge >= 0.3 is 6.08 Å². The average molecular weight is 532 g/mol. The zero-order valence-corrected chi connectivity index (χ0v) is 22.7. The van der Waals surface area contributed by atoms with Gasteiger partial charge in [0.1, 0.15) is 17.3 Å². The highest BCUT2D eigenvalue weighted by atomic mass is 19.1. The Labute approximate surface area is 226 Å². The Morgan fingerprint density at radius 1 is 1.21 bits per heavy atom. The standard InChI is InChI=1S/C29H34FN7O2/c1-17-6-7-24(39-17)22-13-20-9-11-35(3)23(20)14-21(22)15-25-32-26-27(31)33-29(30)34-28(26)37(25)12-8-19-5-4-10-36(16-19)18(2)38/h6-7,13-14,19H,4-5,8-12,15-16H2,1-3H3,(H2,31,33,34). The molecule has 1 saturated heterocycles. The van der Waals surface area contributed by atoms with Gasteiger partial charge in [0.15, 0.2) is 17.0 Å². The predicted molar refractivity (Wildman–Crippen MR) is 148 cm³/mol. The van der Waals surface area contributed by atoms with Gasteiger partial charge in [-0.1, -0.05) is 0 Å². The van der Waals surface area contributed by atoms with Gasteiger partial charge in [0.2, 0.25) is 5.91 Å². The number of aryl methyl sites for hydroxylation is 2. The lowest BCUT2D eigenvalue weighted by atomic mass is 9.94. The maximum Gasteiger partial charge on any atom is 0.312 e. The minimum Gasteiger partial charge on any atom is -0.461 e. The number of imidazole rings is 1. The van der Waals surface area contributed by atoms with Crippen molar-refractivity contribution >= 4 is 28.6 Å². The number of likely N-dealkylation sites (N-methyl/N-ethyl adjacent to an activating group) is 1. The number of likely N-dealkylation sites (tertiary alicyclic amines) is 1. The Morgan fingerprint density at radius 3 is 2.82 bits per heavy atom. The summed E-state index contributed by atoms with van der Waals surface area (Å²) in [4.78, 5) is 28.8. The number of amides is 1. The number of halogens is 1. The lowest BCUT2D eigenvalue weighted by Crippen LogP contribution is -2.38. The fourth-order valence-electron chi connectivity index (χ4n) is 6.07. The number of benzene rings is 1. The molecular formula is C29H34FN7O2. The number of furan rings is 1. The number of fused-ring (bicyclic) bond motifs is 2. The van der Waals surface area contributed by atoms with E-state index in [9.17, 15) is 9.18 Å². The number of carbonyl (C=O) groups is 1. The maximum absolute atomic E-state index is 14.3. The van der Waals surface area contributed by atoms with Crippen molar-refractivity contribution in [2.75, 3.05) is 37.3 Å². The minimum atomic E-state index is -0.862. The minimum absolute atomic E-state index is 0.0356. The summed E-state index contributed by atoms with van der Waals surface area (Å²) in [7, 11) is 2.11. The molecule has 9 nitrogen and oxygen atoms in total. The summed E-state index contributed by atoms with van der Waals surface area (Å²) in [6, 6.07) is 8.43. The molecule has 0 bridgehead atoms. The van der Waals surface area contributed by atoms with Crippen LogP contribution in [0.5, 0.6) is 0 Å². The van der Waals surface area contributed by atoms with Crippen LogP contribution in [0.15, 0.2) is 28.7 Å². The SMILES string of the molecule is CC(=O)N1CCCC(CCn2c(Cc3cc4c(cc3-c3ccc(C)o3)CCN4C)nc3c(N)nc(F)nc32)C1. The van der Waals surface area contributed by atoms with Crippen LogP contribution in [0.2, 0.25) is 0 Å². The summed E-state index contributed by atoms with van der Waals surface area (Å²) in [6.45, 7) is 6.68. The highest BCUT2D eigenvalue weighted by molar-refractivity contribution is 5.82. The summed E-state index contributed by atoms with van der Waals surface area (Å²) < 4.78 is 22.4. The molecule has 3 aromatic heterocycles. The number of piperidine rings is 1. The van der Waals surface area contributed by atoms with Crippen molar-refractivity contribution in [1.29, 1.82) is 0 Å². The van der Waals surface area contributed by atoms with Gasteiger partial charge in [0.05, 0.1) is 0 Å². The fourth-order valence-corrected chi connectivity index (χ4v) is 6.07. The number of anilines is 2. The Bertz CT molecular complexity index is 1560. The third-order valence-electron chi connectivity index (χ3n) is 8.19. The van der Waals surface area contributed by atoms with E-state index in [1.54, 1.807) is 6.92 Å². The van der Waals surface area contributed by atoms with Crippen LogP contribution < -0.4 is 10.6 Å². The summed E-state index contributed by atoms with van der Waals surface area (Å²) in [5.41, 5.74) is 11.5. The molecule has 1 unspecified atom stereocenters. The molecule has 2 aliphatic rings. The van der Waals surface area contributed by atoms with E-state index >= 15 is 0 Å². The first-order valence-electron chi connectivity index (χ1n) is 13.6. The first kappa shape index (κ1) is 25.3. The second kappa shape index (κ2) is 9.98. The summed E-state index contributed by atoms with van der Waals surface area (Å²) in [6.07, 6.45) is 3.49. The number of nitrogen functional groups attached to an aromatic ring is 1. The van der Waals surface area contributed by atoms with Crippen molar-refractivity contribution in [2.24, 2.45) is 5.92 Å². The van der Waals surface area contributed by atoms with Gasteiger partial charge in [-0.15, -0.1) is 0 Å². The molecule has 0 saturated carbocycles. The van der Waals surface area contributed by atoms with E-state index < -0.39 is 6.08 Å². The molecule has 5 heterocycles. The quantitative estimate of drug-likeness (QED) is 0.369. The molecule has 0 radical (unpaired) electrons. The van der Waals surface area contributed by atoms with E-state index in [1.807, 2.05) is 28.5 Å². The number of hydrogen-bond acceptors (Lipinski definition) is 7. The molecule has 2 N–H and O–H groups in total. The maximum atomic E-state index is 14.3. The zero-order valence-electron chi connectivity index (χ0n) is 22.7. The Kier molecular flexibility index (Phi) is 6.48. The molecule has 6 rings (SSSR count). The van der Waals surface area contributed by atoms with E-state index in [4.69, 9.17) is 15.1 Å². The normalized spacial score (nSPS) is 17.3. The molecule has 1 atom stereocenters. The van der Waals surface area contributed by atoms with Gasteiger partial charge in [0.25, 0.3) is 0 Å². The lowest BCUT2D eigenvalue weighted by molar-refractivity contribution is -0.130. The second-order valence-corrected chi connectivity index (χ2v) is 10.9. The highest BCUT2D eigenvalue weighted by Crippen LogP contribution is 2.37. The smallest absolute Gasteiger partial charge is 0.312 e. The van der Waals surface area contributed by atoms with E-state index in [0.29, 0.717) is 30.0 Å². The third-order valence-corrected chi connectivity index (χ3v) is 8.19. The monoisotopic (exact) mass is 531 g/mol. The average Bonchev–Trinajstić information content (AvgIpc) is 3.60. The molecule has 39 heavy (non-hydrogen) atoms. The number of aromatic nitrogens is 4. The van der Waals surface area contributed by atoms with Crippen LogP contribution in [0.25, 0.3) is 22.5 Å². The van der Waals surface area contributed by atoms with Crippen LogP contribution in [-0.2, 0) is 24.2 Å². The topological polar surface area (TPSA) is 106 Å². The lowest BCUT2D eigenvalue weighted by Gasteiger charge is -2.32. The Morgan fingerprint density at radius 2 is 2.05 bits per heavy atom. The largest absolute Gasteiger partial charge is 0.461 e. The van der Waals surface area contributed by atoms with Gasteiger partial charge in [-0.2, -0.15) is 14.4 Å². The van der Waals surface area contributed by atoms with E-state index in [1.165, 1.54) is 11.3 Å². The van der Waals surface area contributed by atoms with E-state index in [0.717, 1.165) is 73.8 Å². The Hall–Kier alpha value is -3.95. The first-order valence-corrected chi connectivity index (χ1v) is 13.6. The molecule has 204 valence electrons. The van der Waals surface area contributed by atoms with Crippen LogP contribution in [0.3, 0.4) is 0 Å². The molecule has 1 aromatic carbocycles. The number of hydrogen-bond donors (Lipinski definition) is 1. The van der Waals surface area contributed by atoms with Gasteiger partial charge in [0, 0.05) is 57.8 Å². The Balaban J connectivity index is 1.39. The molecule has 0 aliphatic carbocycles. The molecule has 1 fully saturated rings. The van der Waals surface area contributed by atoms with Gasteiger partial charge in [-0.3, -0.25) is 4.79 Å². The third kappa shape index (κ3) is 4.84. The number of nitrogens with two attached hydrogens (primary N) is 1. The van der Waals surface area contributed by atoms with Crippen LogP contribution in [0.1, 0.15) is 48.9 Å².